The molecule has 0 bridgehead atoms. The Balaban J connectivity index is 2.25. The van der Waals surface area contributed by atoms with Gasteiger partial charge in [0, 0.05) is 24.4 Å². The Kier molecular flexibility index (Phi) is 5.06. The van der Waals surface area contributed by atoms with Crippen LogP contribution in [0.25, 0.3) is 0 Å². The Morgan fingerprint density at radius 3 is 2.70 bits per heavy atom. The Labute approximate surface area is 119 Å². The number of nitrogens with one attached hydrogen (secondary N) is 1. The maximum absolute atomic E-state index is 5.05. The number of hydrogen-bond acceptors (Lipinski definition) is 5. The highest BCUT2D eigenvalue weighted by Gasteiger charge is 2.17. The third kappa shape index (κ3) is 3.33. The monoisotopic (exact) mass is 275 g/mol. The van der Waals surface area contributed by atoms with Gasteiger partial charge in [-0.25, -0.2) is 0 Å². The second-order valence-electron chi connectivity index (χ2n) is 4.52. The highest BCUT2D eigenvalue weighted by Crippen LogP contribution is 2.20. The molecule has 0 aliphatic rings. The number of rotatable bonds is 7. The zero-order chi connectivity index (χ0) is 14.4. The third-order valence-corrected chi connectivity index (χ3v) is 3.07. The minimum absolute atomic E-state index is 0.00801. The van der Waals surface area contributed by atoms with Crippen LogP contribution >= 0.6 is 0 Å². The van der Waals surface area contributed by atoms with E-state index in [0.717, 1.165) is 30.8 Å². The van der Waals surface area contributed by atoms with E-state index in [9.17, 15) is 0 Å². The smallest absolute Gasteiger partial charge is 0.233 e. The lowest BCUT2D eigenvalue weighted by atomic mass is 10.1. The maximum atomic E-state index is 5.05. The van der Waals surface area contributed by atoms with Crippen LogP contribution in [-0.2, 0) is 6.54 Å². The summed E-state index contributed by atoms with van der Waals surface area (Å²) in [6.07, 6.45) is 4.98. The lowest BCUT2D eigenvalue weighted by Gasteiger charge is -2.16. The van der Waals surface area contributed by atoms with Crippen molar-refractivity contribution in [3.8, 4) is 5.88 Å². The van der Waals surface area contributed by atoms with Gasteiger partial charge in [0.25, 0.3) is 0 Å². The molecule has 0 aliphatic heterocycles. The van der Waals surface area contributed by atoms with E-state index in [2.05, 4.69) is 34.5 Å². The van der Waals surface area contributed by atoms with Gasteiger partial charge in [0.1, 0.15) is 0 Å². The summed E-state index contributed by atoms with van der Waals surface area (Å²) in [6, 6.07) is 3.77. The van der Waals surface area contributed by atoms with Gasteiger partial charge >= 0.3 is 0 Å². The van der Waals surface area contributed by atoms with Crippen molar-refractivity contribution in [2.24, 2.45) is 0 Å². The summed E-state index contributed by atoms with van der Waals surface area (Å²) in [5.41, 5.74) is 1.97. The minimum Gasteiger partial charge on any atom is -0.480 e. The molecule has 1 atom stereocenters. The predicted molar refractivity (Wildman–Crippen MR) is 76.6 cm³/mol. The molecule has 0 radical (unpaired) electrons. The normalized spacial score (nSPS) is 12.3. The molecule has 1 unspecified atom stereocenters. The molecule has 2 rings (SSSR count). The SMILES string of the molecule is CCCNC(c1cnn(CC)c1)c1ccc(OC)nn1. The lowest BCUT2D eigenvalue weighted by molar-refractivity contribution is 0.390. The van der Waals surface area contributed by atoms with Crippen LogP contribution in [0.1, 0.15) is 37.6 Å². The molecule has 108 valence electrons. The van der Waals surface area contributed by atoms with Gasteiger partial charge in [-0.3, -0.25) is 4.68 Å². The van der Waals surface area contributed by atoms with E-state index in [1.165, 1.54) is 0 Å². The second-order valence-corrected chi connectivity index (χ2v) is 4.52. The predicted octanol–water partition coefficient (Wildman–Crippen LogP) is 1.79. The maximum Gasteiger partial charge on any atom is 0.233 e. The van der Waals surface area contributed by atoms with Gasteiger partial charge in [0.15, 0.2) is 0 Å². The summed E-state index contributed by atoms with van der Waals surface area (Å²) < 4.78 is 6.96. The van der Waals surface area contributed by atoms with Crippen LogP contribution in [0.2, 0.25) is 0 Å². The molecular formula is C14H21N5O. The summed E-state index contributed by atoms with van der Waals surface area (Å²) >= 11 is 0. The van der Waals surface area contributed by atoms with Crippen molar-refractivity contribution >= 4 is 0 Å². The summed E-state index contributed by atoms with van der Waals surface area (Å²) in [5, 5.41) is 16.1. The van der Waals surface area contributed by atoms with Gasteiger partial charge in [-0.1, -0.05) is 6.92 Å². The molecule has 0 aliphatic carbocycles. The van der Waals surface area contributed by atoms with E-state index in [0.29, 0.717) is 5.88 Å². The van der Waals surface area contributed by atoms with Crippen molar-refractivity contribution in [1.82, 2.24) is 25.3 Å². The third-order valence-electron chi connectivity index (χ3n) is 3.07. The molecule has 6 nitrogen and oxygen atoms in total. The van der Waals surface area contributed by atoms with Crippen molar-refractivity contribution < 1.29 is 4.74 Å². The molecule has 0 amide bonds. The zero-order valence-corrected chi connectivity index (χ0v) is 12.2. The molecule has 20 heavy (non-hydrogen) atoms. The van der Waals surface area contributed by atoms with Crippen molar-refractivity contribution in [3.05, 3.63) is 35.8 Å². The Hall–Kier alpha value is -1.95. The van der Waals surface area contributed by atoms with Crippen LogP contribution in [0.4, 0.5) is 0 Å². The Morgan fingerprint density at radius 1 is 1.30 bits per heavy atom. The van der Waals surface area contributed by atoms with Gasteiger partial charge in [0.2, 0.25) is 5.88 Å². The van der Waals surface area contributed by atoms with E-state index >= 15 is 0 Å². The molecule has 0 fully saturated rings. The fraction of sp³-hybridized carbons (Fsp3) is 0.500. The fourth-order valence-electron chi connectivity index (χ4n) is 1.98. The molecule has 6 heteroatoms. The van der Waals surface area contributed by atoms with E-state index in [-0.39, 0.29) is 6.04 Å². The number of hydrogen-bond donors (Lipinski definition) is 1. The van der Waals surface area contributed by atoms with Crippen LogP contribution in [0.15, 0.2) is 24.5 Å². The van der Waals surface area contributed by atoms with Gasteiger partial charge in [0.05, 0.1) is 25.0 Å². The first-order valence-electron chi connectivity index (χ1n) is 6.91. The highest BCUT2D eigenvalue weighted by atomic mass is 16.5. The molecule has 2 aromatic rings. The van der Waals surface area contributed by atoms with Crippen molar-refractivity contribution in [1.29, 1.82) is 0 Å². The first-order valence-corrected chi connectivity index (χ1v) is 6.91. The largest absolute Gasteiger partial charge is 0.480 e. The van der Waals surface area contributed by atoms with Crippen LogP contribution in [0.3, 0.4) is 0 Å². The number of ether oxygens (including phenoxy) is 1. The van der Waals surface area contributed by atoms with Crippen LogP contribution in [-0.4, -0.2) is 33.6 Å². The lowest BCUT2D eigenvalue weighted by Crippen LogP contribution is -2.24. The first-order chi connectivity index (χ1) is 9.78. The molecule has 0 saturated carbocycles. The van der Waals surface area contributed by atoms with E-state index < -0.39 is 0 Å². The molecule has 1 N–H and O–H groups in total. The molecular weight excluding hydrogens is 254 g/mol. The number of methoxy groups -OCH3 is 1. The average Bonchev–Trinajstić information content (AvgIpc) is 2.97. The van der Waals surface area contributed by atoms with E-state index in [1.54, 1.807) is 7.11 Å². The quantitative estimate of drug-likeness (QED) is 0.834. The first kappa shape index (κ1) is 14.5. The molecule has 2 aromatic heterocycles. The molecule has 0 saturated heterocycles. The van der Waals surface area contributed by atoms with Gasteiger partial charge in [-0.15, -0.1) is 10.2 Å². The minimum atomic E-state index is 0.00801. The van der Waals surface area contributed by atoms with Crippen LogP contribution < -0.4 is 10.1 Å². The fourth-order valence-corrected chi connectivity index (χ4v) is 1.98. The number of nitrogens with zero attached hydrogens (tertiary/aromatic N) is 4. The summed E-state index contributed by atoms with van der Waals surface area (Å²) in [5.74, 6) is 0.521. The standard InChI is InChI=1S/C14H21N5O/c1-4-8-15-14(11-9-16-19(5-2)10-11)12-6-7-13(20-3)18-17-12/h6-7,9-10,14-15H,4-5,8H2,1-3H3. The van der Waals surface area contributed by atoms with Crippen molar-refractivity contribution in [3.63, 3.8) is 0 Å². The molecule has 2 heterocycles. The second kappa shape index (κ2) is 7.00. The van der Waals surface area contributed by atoms with Gasteiger partial charge in [-0.2, -0.15) is 5.10 Å². The van der Waals surface area contributed by atoms with E-state index in [4.69, 9.17) is 4.74 Å². The average molecular weight is 275 g/mol. The zero-order valence-electron chi connectivity index (χ0n) is 12.2. The van der Waals surface area contributed by atoms with Gasteiger partial charge < -0.3 is 10.1 Å². The van der Waals surface area contributed by atoms with Crippen LogP contribution in [0, 0.1) is 0 Å². The van der Waals surface area contributed by atoms with Crippen molar-refractivity contribution in [2.75, 3.05) is 13.7 Å². The van der Waals surface area contributed by atoms with Gasteiger partial charge in [-0.05, 0) is 26.0 Å². The number of aromatic nitrogens is 4. The van der Waals surface area contributed by atoms with Crippen LogP contribution in [0.5, 0.6) is 5.88 Å². The summed E-state index contributed by atoms with van der Waals surface area (Å²) in [7, 11) is 1.59. The highest BCUT2D eigenvalue weighted by molar-refractivity contribution is 5.24. The molecule has 0 aromatic carbocycles. The topological polar surface area (TPSA) is 64.9 Å². The number of aryl methyl sites for hydroxylation is 1. The summed E-state index contributed by atoms with van der Waals surface area (Å²) in [4.78, 5) is 0. The Morgan fingerprint density at radius 2 is 2.15 bits per heavy atom. The molecule has 0 spiro atoms. The van der Waals surface area contributed by atoms with Crippen molar-refractivity contribution in [2.45, 2.75) is 32.9 Å². The summed E-state index contributed by atoms with van der Waals surface area (Å²) in [6.45, 7) is 5.97. The Bertz CT molecular complexity index is 523. The van der Waals surface area contributed by atoms with E-state index in [1.807, 2.05) is 29.2 Å².